The number of nitrogens with one attached hydrogen (secondary N) is 1. The molecule has 2 bridgehead atoms. The summed E-state index contributed by atoms with van der Waals surface area (Å²) in [6.07, 6.45) is 5.61. The topological polar surface area (TPSA) is 62.6 Å². The second-order valence-corrected chi connectivity index (χ2v) is 6.67. The fourth-order valence-electron chi connectivity index (χ4n) is 4.06. The Kier molecular flexibility index (Phi) is 3.45. The molecule has 2 aliphatic heterocycles. The lowest BCUT2D eigenvalue weighted by Crippen LogP contribution is -2.50. The maximum absolute atomic E-state index is 12.5. The minimum Gasteiger partial charge on any atom is -0.464 e. The Morgan fingerprint density at radius 2 is 1.87 bits per heavy atom. The molecule has 1 aromatic carbocycles. The van der Waals surface area contributed by atoms with Crippen molar-refractivity contribution in [3.05, 3.63) is 36.1 Å². The largest absolute Gasteiger partial charge is 0.464 e. The normalized spacial score (nSPS) is 27.3. The summed E-state index contributed by atoms with van der Waals surface area (Å²) in [6, 6.07) is 8.43. The summed E-state index contributed by atoms with van der Waals surface area (Å²) in [4.78, 5) is 27.2. The molecule has 1 amide bonds. The third kappa shape index (κ3) is 2.45. The van der Waals surface area contributed by atoms with Crippen molar-refractivity contribution >= 4 is 22.7 Å². The maximum Gasteiger partial charge on any atom is 0.292 e. The van der Waals surface area contributed by atoms with Crippen LogP contribution in [0.3, 0.4) is 0 Å². The zero-order valence-electron chi connectivity index (χ0n) is 13.1. The number of rotatable bonds is 3. The van der Waals surface area contributed by atoms with E-state index in [-0.39, 0.29) is 6.04 Å². The van der Waals surface area contributed by atoms with Gasteiger partial charge in [0, 0.05) is 23.5 Å². The van der Waals surface area contributed by atoms with E-state index in [1.807, 2.05) is 12.1 Å². The van der Waals surface area contributed by atoms with Crippen LogP contribution in [-0.2, 0) is 4.79 Å². The second-order valence-electron chi connectivity index (χ2n) is 6.67. The Bertz CT molecular complexity index is 752. The molecule has 2 unspecified atom stereocenters. The average molecular weight is 312 g/mol. The highest BCUT2D eigenvalue weighted by Gasteiger charge is 2.39. The van der Waals surface area contributed by atoms with Crippen LogP contribution in [0.5, 0.6) is 0 Å². The molecule has 0 radical (unpaired) electrons. The van der Waals surface area contributed by atoms with Crippen molar-refractivity contribution in [1.82, 2.24) is 10.2 Å². The first-order valence-electron chi connectivity index (χ1n) is 8.17. The van der Waals surface area contributed by atoms with E-state index in [4.69, 9.17) is 4.42 Å². The van der Waals surface area contributed by atoms with E-state index in [0.29, 0.717) is 28.6 Å². The Morgan fingerprint density at radius 3 is 2.61 bits per heavy atom. The molecular formula is C18H20N2O3. The van der Waals surface area contributed by atoms with Crippen LogP contribution in [0.4, 0.5) is 0 Å². The van der Waals surface area contributed by atoms with Crippen LogP contribution in [0.1, 0.15) is 36.0 Å². The quantitative estimate of drug-likeness (QED) is 0.698. The van der Waals surface area contributed by atoms with Crippen LogP contribution in [0.2, 0.25) is 0 Å². The van der Waals surface area contributed by atoms with E-state index in [1.165, 1.54) is 19.1 Å². The lowest BCUT2D eigenvalue weighted by Gasteiger charge is -2.36. The summed E-state index contributed by atoms with van der Waals surface area (Å²) < 4.78 is 5.36. The van der Waals surface area contributed by atoms with Gasteiger partial charge in [0.1, 0.15) is 11.8 Å². The molecule has 0 spiro atoms. The molecule has 120 valence electrons. The number of carbonyl (C=O) groups excluding carboxylic acids is 2. The smallest absolute Gasteiger partial charge is 0.292 e. The van der Waals surface area contributed by atoms with Crippen molar-refractivity contribution in [2.75, 3.05) is 7.05 Å². The molecule has 4 rings (SSSR count). The number of furan rings is 1. The van der Waals surface area contributed by atoms with E-state index in [0.717, 1.165) is 12.8 Å². The van der Waals surface area contributed by atoms with Gasteiger partial charge in [-0.05, 0) is 38.8 Å². The van der Waals surface area contributed by atoms with Gasteiger partial charge >= 0.3 is 0 Å². The van der Waals surface area contributed by atoms with Gasteiger partial charge in [-0.1, -0.05) is 18.2 Å². The zero-order valence-corrected chi connectivity index (χ0v) is 13.1. The number of Topliss-reactive ketones (excluding diaryl/α,β-unsaturated/α-hetero) is 1. The first kappa shape index (κ1) is 14.5. The van der Waals surface area contributed by atoms with Crippen LogP contribution in [0.25, 0.3) is 11.0 Å². The van der Waals surface area contributed by atoms with Gasteiger partial charge in [-0.25, -0.2) is 0 Å². The SMILES string of the molecule is CN1C2CCC1CC(NC(=O)C(=O)c1coc3ccccc13)C2. The molecule has 5 nitrogen and oxygen atoms in total. The molecule has 3 heterocycles. The van der Waals surface area contributed by atoms with E-state index < -0.39 is 11.7 Å². The highest BCUT2D eigenvalue weighted by molar-refractivity contribution is 6.44. The monoisotopic (exact) mass is 312 g/mol. The second kappa shape index (κ2) is 5.49. The van der Waals surface area contributed by atoms with E-state index in [2.05, 4.69) is 17.3 Å². The summed E-state index contributed by atoms with van der Waals surface area (Å²) in [6.45, 7) is 0. The van der Waals surface area contributed by atoms with Crippen molar-refractivity contribution in [1.29, 1.82) is 0 Å². The fraction of sp³-hybridized carbons (Fsp3) is 0.444. The molecular weight excluding hydrogens is 292 g/mol. The predicted molar refractivity (Wildman–Crippen MR) is 86.3 cm³/mol. The summed E-state index contributed by atoms with van der Waals surface area (Å²) in [5.74, 6) is -1.04. The fourth-order valence-corrected chi connectivity index (χ4v) is 4.06. The van der Waals surface area contributed by atoms with Gasteiger partial charge in [0.2, 0.25) is 0 Å². The molecule has 2 aromatic rings. The number of carbonyl (C=O) groups is 2. The van der Waals surface area contributed by atoms with Crippen molar-refractivity contribution in [2.24, 2.45) is 0 Å². The van der Waals surface area contributed by atoms with Crippen molar-refractivity contribution in [3.8, 4) is 0 Å². The van der Waals surface area contributed by atoms with Gasteiger partial charge in [-0.15, -0.1) is 0 Å². The molecule has 0 aliphatic carbocycles. The Morgan fingerprint density at radius 1 is 1.17 bits per heavy atom. The first-order chi connectivity index (χ1) is 11.1. The summed E-state index contributed by atoms with van der Waals surface area (Å²) in [5, 5.41) is 3.63. The number of fused-ring (bicyclic) bond motifs is 3. The first-order valence-corrected chi connectivity index (χ1v) is 8.17. The van der Waals surface area contributed by atoms with E-state index in [1.54, 1.807) is 12.1 Å². The summed E-state index contributed by atoms with van der Waals surface area (Å²) in [7, 11) is 2.16. The number of amides is 1. The number of hydrogen-bond acceptors (Lipinski definition) is 4. The maximum atomic E-state index is 12.5. The van der Waals surface area contributed by atoms with Crippen molar-refractivity contribution in [2.45, 2.75) is 43.8 Å². The molecule has 23 heavy (non-hydrogen) atoms. The minimum absolute atomic E-state index is 0.0957. The van der Waals surface area contributed by atoms with Gasteiger partial charge in [0.25, 0.3) is 11.7 Å². The van der Waals surface area contributed by atoms with Crippen LogP contribution in [-0.4, -0.2) is 41.8 Å². The van der Waals surface area contributed by atoms with Gasteiger partial charge in [-0.2, -0.15) is 0 Å². The zero-order chi connectivity index (χ0) is 16.0. The molecule has 0 saturated carbocycles. The Hall–Kier alpha value is -2.14. The molecule has 1 aromatic heterocycles. The third-order valence-electron chi connectivity index (χ3n) is 5.37. The minimum atomic E-state index is -0.523. The molecule has 2 aliphatic rings. The summed E-state index contributed by atoms with van der Waals surface area (Å²) in [5.41, 5.74) is 0.968. The number of para-hydroxylation sites is 1. The number of benzene rings is 1. The Balaban J connectivity index is 1.48. The highest BCUT2D eigenvalue weighted by atomic mass is 16.3. The lowest BCUT2D eigenvalue weighted by atomic mass is 9.97. The van der Waals surface area contributed by atoms with Crippen LogP contribution >= 0.6 is 0 Å². The molecule has 1 N–H and O–H groups in total. The Labute approximate surface area is 134 Å². The van der Waals surface area contributed by atoms with Gasteiger partial charge in [0.05, 0.1) is 5.56 Å². The molecule has 2 atom stereocenters. The summed E-state index contributed by atoms with van der Waals surface area (Å²) >= 11 is 0. The molecule has 2 saturated heterocycles. The van der Waals surface area contributed by atoms with Crippen molar-refractivity contribution in [3.63, 3.8) is 0 Å². The van der Waals surface area contributed by atoms with Crippen LogP contribution in [0, 0.1) is 0 Å². The van der Waals surface area contributed by atoms with E-state index in [9.17, 15) is 9.59 Å². The predicted octanol–water partition coefficient (Wildman–Crippen LogP) is 2.36. The van der Waals surface area contributed by atoms with Gasteiger partial charge in [-0.3, -0.25) is 9.59 Å². The van der Waals surface area contributed by atoms with Gasteiger partial charge in [0.15, 0.2) is 0 Å². The number of hydrogen-bond donors (Lipinski definition) is 1. The number of piperidine rings is 1. The lowest BCUT2D eigenvalue weighted by molar-refractivity contribution is -0.118. The molecule has 5 heteroatoms. The number of nitrogens with zero attached hydrogens (tertiary/aromatic N) is 1. The molecule has 2 fully saturated rings. The standard InChI is InChI=1S/C18H20N2O3/c1-20-12-6-7-13(20)9-11(8-12)19-18(22)17(21)15-10-23-16-5-3-2-4-14(15)16/h2-5,10-13H,6-9H2,1H3,(H,19,22). The van der Waals surface area contributed by atoms with E-state index >= 15 is 0 Å². The van der Waals surface area contributed by atoms with Gasteiger partial charge < -0.3 is 14.6 Å². The number of ketones is 1. The average Bonchev–Trinajstić information content (AvgIpc) is 3.05. The highest BCUT2D eigenvalue weighted by Crippen LogP contribution is 2.34. The van der Waals surface area contributed by atoms with Crippen LogP contribution in [0.15, 0.2) is 34.9 Å². The third-order valence-corrected chi connectivity index (χ3v) is 5.37. The van der Waals surface area contributed by atoms with Crippen molar-refractivity contribution < 1.29 is 14.0 Å². The van der Waals surface area contributed by atoms with Crippen LogP contribution < -0.4 is 5.32 Å².